The van der Waals surface area contributed by atoms with E-state index in [2.05, 4.69) is 62.4 Å². The molecule has 0 unspecified atom stereocenters. The lowest BCUT2D eigenvalue weighted by Gasteiger charge is -2.12. The van der Waals surface area contributed by atoms with E-state index < -0.39 is 11.7 Å². The molecule has 2 aliphatic carbocycles. The monoisotopic (exact) mass is 520 g/mol. The molecule has 0 saturated carbocycles. The van der Waals surface area contributed by atoms with Gasteiger partial charge >= 0.3 is 6.18 Å². The summed E-state index contributed by atoms with van der Waals surface area (Å²) in [7, 11) is 0. The zero-order valence-electron chi connectivity index (χ0n) is 21.1. The molecule has 38 heavy (non-hydrogen) atoms. The molecule has 0 saturated heterocycles. The van der Waals surface area contributed by atoms with Crippen LogP contribution in [0, 0.1) is 20.8 Å². The van der Waals surface area contributed by atoms with Crippen LogP contribution in [0.2, 0.25) is 0 Å². The SMILES string of the molecule is Cc1cc(C)cc(C2=c3sc4c(c3-c3ccccc32)-c2ccccc2C=4c2cc(C)cc(C(F)(F)F)c2)c1. The van der Waals surface area contributed by atoms with E-state index in [0.717, 1.165) is 26.8 Å². The average Bonchev–Trinajstić information content (AvgIpc) is 3.47. The molecule has 4 aromatic carbocycles. The number of alkyl halides is 3. The highest BCUT2D eigenvalue weighted by molar-refractivity contribution is 7.09. The third kappa shape index (κ3) is 3.36. The molecule has 0 atom stereocenters. The highest BCUT2D eigenvalue weighted by atomic mass is 32.1. The molecular weight excluding hydrogens is 497 g/mol. The molecule has 4 heteroatoms. The van der Waals surface area contributed by atoms with Crippen molar-refractivity contribution in [3.05, 3.63) is 139 Å². The Labute approximate surface area is 223 Å². The Morgan fingerprint density at radius 3 is 1.42 bits per heavy atom. The van der Waals surface area contributed by atoms with Gasteiger partial charge in [-0.25, -0.2) is 0 Å². The highest BCUT2D eigenvalue weighted by Gasteiger charge is 2.34. The molecule has 0 aliphatic heterocycles. The first-order valence-corrected chi connectivity index (χ1v) is 13.4. The number of halogens is 3. The fraction of sp³-hybridized carbons (Fsp3) is 0.118. The van der Waals surface area contributed by atoms with Gasteiger partial charge in [-0.05, 0) is 71.8 Å². The Kier molecular flexibility index (Phi) is 4.93. The predicted octanol–water partition coefficient (Wildman–Crippen LogP) is 8.15. The summed E-state index contributed by atoms with van der Waals surface area (Å²) in [6.07, 6.45) is -4.40. The maximum absolute atomic E-state index is 13.8. The summed E-state index contributed by atoms with van der Waals surface area (Å²) in [6, 6.07) is 27.7. The second-order valence-electron chi connectivity index (χ2n) is 10.3. The van der Waals surface area contributed by atoms with Crippen LogP contribution >= 0.6 is 11.3 Å². The van der Waals surface area contributed by atoms with Crippen LogP contribution in [-0.2, 0) is 6.18 Å². The van der Waals surface area contributed by atoms with E-state index in [1.54, 1.807) is 18.3 Å². The lowest BCUT2D eigenvalue weighted by molar-refractivity contribution is -0.137. The van der Waals surface area contributed by atoms with Crippen LogP contribution in [0.5, 0.6) is 0 Å². The lowest BCUT2D eigenvalue weighted by Crippen LogP contribution is -2.08. The summed E-state index contributed by atoms with van der Waals surface area (Å²) < 4.78 is 43.7. The summed E-state index contributed by atoms with van der Waals surface area (Å²) >= 11 is 1.71. The van der Waals surface area contributed by atoms with Crippen molar-refractivity contribution < 1.29 is 13.2 Å². The van der Waals surface area contributed by atoms with Gasteiger partial charge in [-0.15, -0.1) is 11.3 Å². The normalized spacial score (nSPS) is 13.4. The van der Waals surface area contributed by atoms with Crippen molar-refractivity contribution in [2.45, 2.75) is 26.9 Å². The number of hydrogen-bond acceptors (Lipinski definition) is 1. The first-order valence-electron chi connectivity index (χ1n) is 12.6. The molecular formula is C34H23F3S. The van der Waals surface area contributed by atoms with Gasteiger partial charge in [-0.1, -0.05) is 83.9 Å². The zero-order chi connectivity index (χ0) is 26.3. The zero-order valence-corrected chi connectivity index (χ0v) is 21.9. The second-order valence-corrected chi connectivity index (χ2v) is 11.3. The maximum Gasteiger partial charge on any atom is 0.416 e. The van der Waals surface area contributed by atoms with E-state index in [4.69, 9.17) is 0 Å². The van der Waals surface area contributed by atoms with Crippen molar-refractivity contribution in [1.82, 2.24) is 0 Å². The van der Waals surface area contributed by atoms with Crippen LogP contribution in [0.3, 0.4) is 0 Å². The third-order valence-corrected chi connectivity index (χ3v) is 8.72. The Morgan fingerprint density at radius 2 is 0.947 bits per heavy atom. The van der Waals surface area contributed by atoms with E-state index in [0.29, 0.717) is 11.1 Å². The van der Waals surface area contributed by atoms with E-state index in [1.807, 2.05) is 24.3 Å². The molecule has 2 aliphatic rings. The minimum absolute atomic E-state index is 0.602. The van der Waals surface area contributed by atoms with Crippen molar-refractivity contribution in [1.29, 1.82) is 0 Å². The fourth-order valence-corrected chi connectivity index (χ4v) is 7.66. The van der Waals surface area contributed by atoms with Crippen molar-refractivity contribution in [2.75, 3.05) is 0 Å². The summed E-state index contributed by atoms with van der Waals surface area (Å²) in [5.41, 5.74) is 13.1. The van der Waals surface area contributed by atoms with E-state index in [1.165, 1.54) is 55.6 Å². The minimum Gasteiger partial charge on any atom is -0.166 e. The van der Waals surface area contributed by atoms with Crippen LogP contribution in [0.15, 0.2) is 84.9 Å². The predicted molar refractivity (Wildman–Crippen MR) is 150 cm³/mol. The molecule has 0 radical (unpaired) electrons. The quantitative estimate of drug-likeness (QED) is 0.216. The van der Waals surface area contributed by atoms with Crippen LogP contribution in [0.25, 0.3) is 33.4 Å². The van der Waals surface area contributed by atoms with Gasteiger partial charge in [0.1, 0.15) is 0 Å². The topological polar surface area (TPSA) is 0 Å². The van der Waals surface area contributed by atoms with Gasteiger partial charge in [0.05, 0.1) is 5.56 Å². The second kappa shape index (κ2) is 8.05. The van der Waals surface area contributed by atoms with Gasteiger partial charge in [0.2, 0.25) is 0 Å². The summed E-state index contributed by atoms with van der Waals surface area (Å²) in [5.74, 6) is 0. The number of hydrogen-bond donors (Lipinski definition) is 0. The van der Waals surface area contributed by atoms with Crippen LogP contribution < -0.4 is 9.06 Å². The molecule has 0 fully saturated rings. The molecule has 1 aromatic heterocycles. The Morgan fingerprint density at radius 1 is 0.526 bits per heavy atom. The molecule has 0 amide bonds. The molecule has 0 bridgehead atoms. The lowest BCUT2D eigenvalue weighted by atomic mass is 9.94. The molecule has 1 heterocycles. The van der Waals surface area contributed by atoms with Crippen molar-refractivity contribution >= 4 is 22.5 Å². The van der Waals surface area contributed by atoms with Gasteiger partial charge in [0.25, 0.3) is 0 Å². The smallest absolute Gasteiger partial charge is 0.166 e. The van der Waals surface area contributed by atoms with Gasteiger partial charge in [0, 0.05) is 31.3 Å². The highest BCUT2D eigenvalue weighted by Crippen LogP contribution is 2.46. The standard InChI is InChI=1S/C34H23F3S/c1-18-12-19(2)14-21(13-18)28-24-8-4-6-10-26(24)30-31-27-11-7-5-9-25(27)29(33(31)38-32(28)30)22-15-20(3)16-23(17-22)34(35,36)37/h4-17H,1-3H3. The molecule has 0 spiro atoms. The van der Waals surface area contributed by atoms with Gasteiger partial charge in [-0.3, -0.25) is 0 Å². The number of rotatable bonds is 2. The van der Waals surface area contributed by atoms with Crippen molar-refractivity contribution in [3.63, 3.8) is 0 Å². The fourth-order valence-electron chi connectivity index (χ4n) is 6.16. The Hall–Kier alpha value is -3.89. The number of fused-ring (bicyclic) bond motifs is 7. The van der Waals surface area contributed by atoms with E-state index >= 15 is 0 Å². The van der Waals surface area contributed by atoms with Gasteiger partial charge < -0.3 is 0 Å². The average molecular weight is 521 g/mol. The maximum atomic E-state index is 13.8. The minimum atomic E-state index is -4.40. The molecule has 5 aromatic rings. The van der Waals surface area contributed by atoms with Crippen LogP contribution in [0.4, 0.5) is 13.2 Å². The van der Waals surface area contributed by atoms with Crippen molar-refractivity contribution in [3.8, 4) is 22.3 Å². The number of benzene rings is 4. The van der Waals surface area contributed by atoms with E-state index in [9.17, 15) is 13.2 Å². The summed E-state index contributed by atoms with van der Waals surface area (Å²) in [5, 5.41) is 0. The third-order valence-electron chi connectivity index (χ3n) is 7.50. The molecule has 7 rings (SSSR count). The van der Waals surface area contributed by atoms with Gasteiger partial charge in [-0.2, -0.15) is 13.2 Å². The van der Waals surface area contributed by atoms with Gasteiger partial charge in [0.15, 0.2) is 0 Å². The number of thiophene rings is 1. The van der Waals surface area contributed by atoms with Crippen molar-refractivity contribution in [2.24, 2.45) is 0 Å². The largest absolute Gasteiger partial charge is 0.416 e. The van der Waals surface area contributed by atoms with Crippen LogP contribution in [0.1, 0.15) is 44.5 Å². The molecule has 0 N–H and O–H groups in total. The Balaban J connectivity index is 1.64. The first-order chi connectivity index (χ1) is 18.2. The molecule has 0 nitrogen and oxygen atoms in total. The Bertz CT molecular complexity index is 1920. The molecule has 186 valence electrons. The first kappa shape index (κ1) is 23.2. The summed E-state index contributed by atoms with van der Waals surface area (Å²) in [6.45, 7) is 5.97. The summed E-state index contributed by atoms with van der Waals surface area (Å²) in [4.78, 5) is 0. The van der Waals surface area contributed by atoms with E-state index in [-0.39, 0.29) is 0 Å². The number of aryl methyl sites for hydroxylation is 3. The van der Waals surface area contributed by atoms with Crippen LogP contribution in [-0.4, -0.2) is 0 Å².